The second-order valence-corrected chi connectivity index (χ2v) is 4.35. The van der Waals surface area contributed by atoms with Crippen molar-refractivity contribution in [3.05, 3.63) is 59.0 Å². The number of rotatable bonds is 3. The van der Waals surface area contributed by atoms with Crippen molar-refractivity contribution in [3.63, 3.8) is 0 Å². The highest BCUT2D eigenvalue weighted by Crippen LogP contribution is 2.08. The molecule has 2 rings (SSSR count). The molecule has 0 fully saturated rings. The SMILES string of the molecule is CCc1ccc(C(=O)NNC(=O)c2ccoc2C)cc1. The molecule has 0 saturated carbocycles. The molecule has 5 nitrogen and oxygen atoms in total. The van der Waals surface area contributed by atoms with Crippen molar-refractivity contribution in [2.45, 2.75) is 20.3 Å². The molecule has 0 radical (unpaired) electrons. The zero-order chi connectivity index (χ0) is 14.5. The summed E-state index contributed by atoms with van der Waals surface area (Å²) in [5.41, 5.74) is 6.77. The van der Waals surface area contributed by atoms with Crippen LogP contribution in [0.3, 0.4) is 0 Å². The van der Waals surface area contributed by atoms with Gasteiger partial charge >= 0.3 is 0 Å². The average molecular weight is 272 g/mol. The fourth-order valence-corrected chi connectivity index (χ4v) is 1.77. The molecule has 1 heterocycles. The summed E-state index contributed by atoms with van der Waals surface area (Å²) in [5, 5.41) is 0. The van der Waals surface area contributed by atoms with Crippen LogP contribution in [0.1, 0.15) is 39.0 Å². The van der Waals surface area contributed by atoms with Gasteiger partial charge in [-0.1, -0.05) is 19.1 Å². The predicted molar refractivity (Wildman–Crippen MR) is 74.2 cm³/mol. The van der Waals surface area contributed by atoms with Crippen molar-refractivity contribution in [1.29, 1.82) is 0 Å². The average Bonchev–Trinajstić information content (AvgIpc) is 2.90. The number of benzene rings is 1. The monoisotopic (exact) mass is 272 g/mol. The number of carbonyl (C=O) groups excluding carboxylic acids is 2. The molecule has 0 aliphatic rings. The Morgan fingerprint density at radius 2 is 1.70 bits per heavy atom. The van der Waals surface area contributed by atoms with Crippen molar-refractivity contribution in [1.82, 2.24) is 10.9 Å². The molecule has 2 N–H and O–H groups in total. The van der Waals surface area contributed by atoms with Crippen molar-refractivity contribution in [3.8, 4) is 0 Å². The van der Waals surface area contributed by atoms with Gasteiger partial charge in [0, 0.05) is 5.56 Å². The maximum absolute atomic E-state index is 11.9. The second kappa shape index (κ2) is 6.06. The number of aryl methyl sites for hydroxylation is 2. The Bertz CT molecular complexity index is 614. The third-order valence-electron chi connectivity index (χ3n) is 3.02. The molecule has 1 aromatic carbocycles. The van der Waals surface area contributed by atoms with E-state index >= 15 is 0 Å². The lowest BCUT2D eigenvalue weighted by Gasteiger charge is -2.07. The summed E-state index contributed by atoms with van der Waals surface area (Å²) >= 11 is 0. The van der Waals surface area contributed by atoms with E-state index in [9.17, 15) is 9.59 Å². The minimum absolute atomic E-state index is 0.359. The molecular weight excluding hydrogens is 256 g/mol. The van der Waals surface area contributed by atoms with E-state index in [1.807, 2.05) is 19.1 Å². The lowest BCUT2D eigenvalue weighted by Crippen LogP contribution is -2.41. The summed E-state index contributed by atoms with van der Waals surface area (Å²) in [6.07, 6.45) is 2.34. The zero-order valence-electron chi connectivity index (χ0n) is 11.4. The number of carbonyl (C=O) groups is 2. The van der Waals surface area contributed by atoms with Crippen LogP contribution in [0.25, 0.3) is 0 Å². The molecule has 0 atom stereocenters. The lowest BCUT2D eigenvalue weighted by atomic mass is 10.1. The van der Waals surface area contributed by atoms with Crippen molar-refractivity contribution in [2.75, 3.05) is 0 Å². The molecule has 104 valence electrons. The third kappa shape index (κ3) is 3.06. The minimum atomic E-state index is -0.408. The maximum Gasteiger partial charge on any atom is 0.273 e. The van der Waals surface area contributed by atoms with Crippen LogP contribution < -0.4 is 10.9 Å². The van der Waals surface area contributed by atoms with Crippen LogP contribution in [-0.2, 0) is 6.42 Å². The standard InChI is InChI=1S/C15H16N2O3/c1-3-11-4-6-12(7-5-11)14(18)16-17-15(19)13-8-9-20-10(13)2/h4-9H,3H2,1-2H3,(H,16,18)(H,17,19). The lowest BCUT2D eigenvalue weighted by molar-refractivity contribution is 0.0845. The van der Waals surface area contributed by atoms with E-state index in [-0.39, 0.29) is 5.91 Å². The van der Waals surface area contributed by atoms with Gasteiger partial charge in [-0.15, -0.1) is 0 Å². The summed E-state index contributed by atoms with van der Waals surface area (Å²) in [4.78, 5) is 23.6. The Balaban J connectivity index is 1.95. The highest BCUT2D eigenvalue weighted by molar-refractivity contribution is 5.99. The normalized spacial score (nSPS) is 10.1. The fraction of sp³-hybridized carbons (Fsp3) is 0.200. The molecule has 5 heteroatoms. The van der Waals surface area contributed by atoms with Crippen LogP contribution in [0.2, 0.25) is 0 Å². The Morgan fingerprint density at radius 3 is 2.25 bits per heavy atom. The quantitative estimate of drug-likeness (QED) is 0.842. The van der Waals surface area contributed by atoms with Gasteiger partial charge in [-0.25, -0.2) is 0 Å². The number of furan rings is 1. The van der Waals surface area contributed by atoms with Crippen LogP contribution >= 0.6 is 0 Å². The van der Waals surface area contributed by atoms with Gasteiger partial charge in [-0.05, 0) is 37.1 Å². The van der Waals surface area contributed by atoms with E-state index in [4.69, 9.17) is 4.42 Å². The first-order valence-corrected chi connectivity index (χ1v) is 6.35. The molecule has 0 spiro atoms. The van der Waals surface area contributed by atoms with Crippen LogP contribution in [0.4, 0.5) is 0 Å². The van der Waals surface area contributed by atoms with Crippen molar-refractivity contribution in [2.24, 2.45) is 0 Å². The van der Waals surface area contributed by atoms with Gasteiger partial charge < -0.3 is 4.42 Å². The Kier molecular flexibility index (Phi) is 4.20. The molecule has 1 aromatic heterocycles. The molecule has 0 unspecified atom stereocenters. The van der Waals surface area contributed by atoms with Gasteiger partial charge in [-0.2, -0.15) is 0 Å². The van der Waals surface area contributed by atoms with Gasteiger partial charge in [0.25, 0.3) is 11.8 Å². The van der Waals surface area contributed by atoms with Crippen LogP contribution in [0.5, 0.6) is 0 Å². The number of hydrogen-bond acceptors (Lipinski definition) is 3. The summed E-state index contributed by atoms with van der Waals surface area (Å²) in [5.74, 6) is -0.263. The molecule has 20 heavy (non-hydrogen) atoms. The van der Waals surface area contributed by atoms with Crippen LogP contribution in [-0.4, -0.2) is 11.8 Å². The summed E-state index contributed by atoms with van der Waals surface area (Å²) in [6.45, 7) is 3.72. The largest absolute Gasteiger partial charge is 0.469 e. The first-order chi connectivity index (χ1) is 9.61. The highest BCUT2D eigenvalue weighted by atomic mass is 16.3. The molecule has 0 saturated heterocycles. The first kappa shape index (κ1) is 13.9. The van der Waals surface area contributed by atoms with E-state index in [1.165, 1.54) is 6.26 Å². The zero-order valence-corrected chi connectivity index (χ0v) is 11.4. The molecule has 2 aromatic rings. The van der Waals surface area contributed by atoms with E-state index in [1.54, 1.807) is 25.1 Å². The van der Waals surface area contributed by atoms with Crippen molar-refractivity contribution < 1.29 is 14.0 Å². The first-order valence-electron chi connectivity index (χ1n) is 6.35. The number of hydrazine groups is 1. The van der Waals surface area contributed by atoms with Crippen molar-refractivity contribution >= 4 is 11.8 Å². The topological polar surface area (TPSA) is 71.3 Å². The number of amides is 2. The Morgan fingerprint density at radius 1 is 1.05 bits per heavy atom. The molecule has 2 amide bonds. The van der Waals surface area contributed by atoms with Crippen LogP contribution in [0.15, 0.2) is 41.0 Å². The van der Waals surface area contributed by atoms with E-state index in [2.05, 4.69) is 10.9 Å². The highest BCUT2D eigenvalue weighted by Gasteiger charge is 2.12. The smallest absolute Gasteiger partial charge is 0.273 e. The number of nitrogens with one attached hydrogen (secondary N) is 2. The van der Waals surface area contributed by atoms with E-state index < -0.39 is 5.91 Å². The molecule has 0 aliphatic carbocycles. The number of hydrogen-bond donors (Lipinski definition) is 2. The fourth-order valence-electron chi connectivity index (χ4n) is 1.77. The van der Waals surface area contributed by atoms with Gasteiger partial charge in [-0.3, -0.25) is 20.4 Å². The predicted octanol–water partition coefficient (Wildman–Crippen LogP) is 2.23. The van der Waals surface area contributed by atoms with Gasteiger partial charge in [0.1, 0.15) is 5.76 Å². The van der Waals surface area contributed by atoms with E-state index in [0.717, 1.165) is 12.0 Å². The van der Waals surface area contributed by atoms with E-state index in [0.29, 0.717) is 16.9 Å². The van der Waals surface area contributed by atoms with Crippen LogP contribution in [0, 0.1) is 6.92 Å². The Labute approximate surface area is 117 Å². The summed E-state index contributed by atoms with van der Waals surface area (Å²) in [7, 11) is 0. The molecule has 0 aliphatic heterocycles. The van der Waals surface area contributed by atoms with Gasteiger partial charge in [0.2, 0.25) is 0 Å². The van der Waals surface area contributed by atoms with Gasteiger partial charge in [0.15, 0.2) is 0 Å². The molecule has 0 bridgehead atoms. The minimum Gasteiger partial charge on any atom is -0.469 e. The summed E-state index contributed by atoms with van der Waals surface area (Å²) < 4.78 is 5.03. The Hall–Kier alpha value is -2.56. The summed E-state index contributed by atoms with van der Waals surface area (Å²) in [6, 6.07) is 8.77. The molecular formula is C15H16N2O3. The third-order valence-corrected chi connectivity index (χ3v) is 3.02. The maximum atomic E-state index is 11.9. The second-order valence-electron chi connectivity index (χ2n) is 4.35. The van der Waals surface area contributed by atoms with Gasteiger partial charge in [0.05, 0.1) is 11.8 Å².